The first-order valence-electron chi connectivity index (χ1n) is 8.56. The molecule has 1 aliphatic heterocycles. The van der Waals surface area contributed by atoms with Crippen molar-refractivity contribution in [3.8, 4) is 0 Å². The van der Waals surface area contributed by atoms with E-state index in [4.69, 9.17) is 0 Å². The molecule has 0 aromatic carbocycles. The molecular weight excluding hydrogens is 278 g/mol. The van der Waals surface area contributed by atoms with Gasteiger partial charge in [0.2, 0.25) is 0 Å². The van der Waals surface area contributed by atoms with Gasteiger partial charge >= 0.3 is 6.03 Å². The van der Waals surface area contributed by atoms with Gasteiger partial charge in [-0.2, -0.15) is 5.10 Å². The average molecular weight is 305 g/mol. The highest BCUT2D eigenvalue weighted by molar-refractivity contribution is 5.74. The first kappa shape index (κ1) is 15.3. The van der Waals surface area contributed by atoms with Crippen molar-refractivity contribution in [3.05, 3.63) is 18.5 Å². The fraction of sp³-hybridized carbons (Fsp3) is 0.750. The lowest BCUT2D eigenvalue weighted by Crippen LogP contribution is -2.54. The second-order valence-corrected chi connectivity index (χ2v) is 6.38. The molecule has 122 valence electrons. The Balaban J connectivity index is 1.36. The fourth-order valence-electron chi connectivity index (χ4n) is 3.36. The zero-order valence-electron chi connectivity index (χ0n) is 13.3. The molecule has 22 heavy (non-hydrogen) atoms. The Morgan fingerprint density at radius 1 is 1.09 bits per heavy atom. The van der Waals surface area contributed by atoms with Crippen LogP contribution in [0.2, 0.25) is 0 Å². The van der Waals surface area contributed by atoms with Crippen LogP contribution in [0.25, 0.3) is 0 Å². The Kier molecular flexibility index (Phi) is 5.32. The zero-order chi connectivity index (χ0) is 15.2. The summed E-state index contributed by atoms with van der Waals surface area (Å²) in [4.78, 5) is 16.7. The third-order valence-electron chi connectivity index (χ3n) is 4.80. The predicted octanol–water partition coefficient (Wildman–Crippen LogP) is 1.54. The van der Waals surface area contributed by atoms with Crippen LogP contribution in [0.1, 0.15) is 32.1 Å². The molecule has 0 bridgehead atoms. The second kappa shape index (κ2) is 7.63. The standard InChI is InChI=1S/C16H27N5O/c22-16(18-15-5-2-1-3-6-15)20-12-9-19(10-13-20)11-14-21-8-4-7-17-21/h4,7-8,15H,1-3,5-6,9-14H2,(H,18,22). The maximum absolute atomic E-state index is 12.3. The van der Waals surface area contributed by atoms with Gasteiger partial charge in [-0.25, -0.2) is 4.79 Å². The molecule has 2 aliphatic rings. The molecule has 1 aliphatic carbocycles. The van der Waals surface area contributed by atoms with Crippen molar-refractivity contribution in [2.75, 3.05) is 32.7 Å². The maximum Gasteiger partial charge on any atom is 0.317 e. The SMILES string of the molecule is O=C(NC1CCCCC1)N1CCN(CCn2cccn2)CC1. The molecule has 1 aromatic heterocycles. The Morgan fingerprint density at radius 2 is 1.86 bits per heavy atom. The first-order valence-corrected chi connectivity index (χ1v) is 8.56. The first-order chi connectivity index (χ1) is 10.8. The molecule has 6 heteroatoms. The number of hydrogen-bond donors (Lipinski definition) is 1. The quantitative estimate of drug-likeness (QED) is 0.918. The van der Waals surface area contributed by atoms with Crippen LogP contribution in [0.3, 0.4) is 0 Å². The van der Waals surface area contributed by atoms with Gasteiger partial charge in [0, 0.05) is 51.2 Å². The van der Waals surface area contributed by atoms with E-state index in [0.29, 0.717) is 6.04 Å². The van der Waals surface area contributed by atoms with Crippen LogP contribution in [0.4, 0.5) is 4.79 Å². The summed E-state index contributed by atoms with van der Waals surface area (Å²) in [5, 5.41) is 7.44. The molecule has 1 N–H and O–H groups in total. The van der Waals surface area contributed by atoms with Crippen molar-refractivity contribution >= 4 is 6.03 Å². The minimum Gasteiger partial charge on any atom is -0.335 e. The van der Waals surface area contributed by atoms with Gasteiger partial charge in [0.25, 0.3) is 0 Å². The van der Waals surface area contributed by atoms with E-state index in [2.05, 4.69) is 15.3 Å². The Labute approximate surface area is 132 Å². The molecule has 0 spiro atoms. The largest absolute Gasteiger partial charge is 0.335 e. The zero-order valence-corrected chi connectivity index (χ0v) is 13.3. The third kappa shape index (κ3) is 4.22. The molecule has 0 radical (unpaired) electrons. The molecular formula is C16H27N5O. The van der Waals surface area contributed by atoms with Crippen molar-refractivity contribution in [2.24, 2.45) is 0 Å². The topological polar surface area (TPSA) is 53.4 Å². The van der Waals surface area contributed by atoms with Crippen LogP contribution < -0.4 is 5.32 Å². The molecule has 6 nitrogen and oxygen atoms in total. The number of piperazine rings is 1. The van der Waals surface area contributed by atoms with E-state index in [1.54, 1.807) is 0 Å². The number of hydrogen-bond acceptors (Lipinski definition) is 3. The summed E-state index contributed by atoms with van der Waals surface area (Å²) in [7, 11) is 0. The number of urea groups is 1. The lowest BCUT2D eigenvalue weighted by atomic mass is 9.96. The molecule has 2 fully saturated rings. The van der Waals surface area contributed by atoms with E-state index >= 15 is 0 Å². The van der Waals surface area contributed by atoms with E-state index in [0.717, 1.165) is 52.1 Å². The molecule has 1 aromatic rings. The summed E-state index contributed by atoms with van der Waals surface area (Å²) in [5.74, 6) is 0. The summed E-state index contributed by atoms with van der Waals surface area (Å²) in [6, 6.07) is 2.49. The van der Waals surface area contributed by atoms with Gasteiger partial charge in [-0.1, -0.05) is 19.3 Å². The summed E-state index contributed by atoms with van der Waals surface area (Å²) in [6.07, 6.45) is 9.94. The van der Waals surface area contributed by atoms with E-state index in [9.17, 15) is 4.79 Å². The Hall–Kier alpha value is -1.56. The lowest BCUT2D eigenvalue weighted by molar-refractivity contribution is 0.132. The number of carbonyl (C=O) groups is 1. The van der Waals surface area contributed by atoms with Gasteiger partial charge in [-0.05, 0) is 18.9 Å². The van der Waals surface area contributed by atoms with Gasteiger partial charge in [0.05, 0.1) is 6.54 Å². The van der Waals surface area contributed by atoms with Crippen molar-refractivity contribution in [3.63, 3.8) is 0 Å². The summed E-state index contributed by atoms with van der Waals surface area (Å²) < 4.78 is 1.96. The molecule has 0 unspecified atom stereocenters. The van der Waals surface area contributed by atoms with Crippen molar-refractivity contribution < 1.29 is 4.79 Å². The number of carbonyl (C=O) groups excluding carboxylic acids is 1. The summed E-state index contributed by atoms with van der Waals surface area (Å²) in [5.41, 5.74) is 0. The summed E-state index contributed by atoms with van der Waals surface area (Å²) >= 11 is 0. The molecule has 1 saturated heterocycles. The van der Waals surface area contributed by atoms with Crippen molar-refractivity contribution in [2.45, 2.75) is 44.7 Å². The third-order valence-corrected chi connectivity index (χ3v) is 4.80. The number of nitrogens with one attached hydrogen (secondary N) is 1. The van der Waals surface area contributed by atoms with Crippen LogP contribution in [0, 0.1) is 0 Å². The number of aromatic nitrogens is 2. The predicted molar refractivity (Wildman–Crippen MR) is 85.6 cm³/mol. The number of rotatable bonds is 4. The second-order valence-electron chi connectivity index (χ2n) is 6.38. The molecule has 1 saturated carbocycles. The van der Waals surface area contributed by atoms with Crippen LogP contribution in [-0.2, 0) is 6.54 Å². The van der Waals surface area contributed by atoms with E-state index in [1.165, 1.54) is 19.3 Å². The molecule has 2 amide bonds. The minimum atomic E-state index is 0.138. The van der Waals surface area contributed by atoms with Gasteiger partial charge in [-0.3, -0.25) is 9.58 Å². The number of amides is 2. The minimum absolute atomic E-state index is 0.138. The van der Waals surface area contributed by atoms with E-state index < -0.39 is 0 Å². The van der Waals surface area contributed by atoms with Crippen LogP contribution in [0.5, 0.6) is 0 Å². The van der Waals surface area contributed by atoms with E-state index in [-0.39, 0.29) is 6.03 Å². The van der Waals surface area contributed by atoms with Crippen LogP contribution >= 0.6 is 0 Å². The maximum atomic E-state index is 12.3. The lowest BCUT2D eigenvalue weighted by Gasteiger charge is -2.36. The van der Waals surface area contributed by atoms with Crippen LogP contribution in [-0.4, -0.2) is 64.4 Å². The van der Waals surface area contributed by atoms with Gasteiger partial charge < -0.3 is 10.2 Å². The Bertz CT molecular complexity index is 447. The van der Waals surface area contributed by atoms with Gasteiger partial charge in [0.1, 0.15) is 0 Å². The highest BCUT2D eigenvalue weighted by Gasteiger charge is 2.23. The fourth-order valence-corrected chi connectivity index (χ4v) is 3.36. The highest BCUT2D eigenvalue weighted by atomic mass is 16.2. The Morgan fingerprint density at radius 3 is 2.55 bits per heavy atom. The number of nitrogens with zero attached hydrogens (tertiary/aromatic N) is 4. The van der Waals surface area contributed by atoms with Gasteiger partial charge in [0.15, 0.2) is 0 Å². The monoisotopic (exact) mass is 305 g/mol. The van der Waals surface area contributed by atoms with E-state index in [1.807, 2.05) is 28.0 Å². The van der Waals surface area contributed by atoms with Crippen molar-refractivity contribution in [1.82, 2.24) is 24.9 Å². The average Bonchev–Trinajstić information content (AvgIpc) is 3.08. The highest BCUT2D eigenvalue weighted by Crippen LogP contribution is 2.17. The molecule has 3 rings (SSSR count). The van der Waals surface area contributed by atoms with Gasteiger partial charge in [-0.15, -0.1) is 0 Å². The van der Waals surface area contributed by atoms with Crippen molar-refractivity contribution in [1.29, 1.82) is 0 Å². The summed E-state index contributed by atoms with van der Waals surface area (Å²) in [6.45, 7) is 5.50. The van der Waals surface area contributed by atoms with Crippen LogP contribution in [0.15, 0.2) is 18.5 Å². The molecule has 0 atom stereocenters. The molecule has 2 heterocycles. The normalized spacial score (nSPS) is 21.0. The smallest absolute Gasteiger partial charge is 0.317 e.